The van der Waals surface area contributed by atoms with E-state index in [1.54, 1.807) is 37.2 Å². The molecule has 1 aliphatic carbocycles. The number of rotatable bonds is 11. The third-order valence-corrected chi connectivity index (χ3v) is 6.13. The van der Waals surface area contributed by atoms with Crippen LogP contribution in [0.2, 0.25) is 0 Å². The van der Waals surface area contributed by atoms with Crippen LogP contribution in [-0.4, -0.2) is 49.7 Å². The van der Waals surface area contributed by atoms with Gasteiger partial charge in [0.1, 0.15) is 18.1 Å². The van der Waals surface area contributed by atoms with Gasteiger partial charge in [-0.25, -0.2) is 0 Å². The minimum Gasteiger partial charge on any atom is -0.508 e. The predicted octanol–water partition coefficient (Wildman–Crippen LogP) is 5.80. The van der Waals surface area contributed by atoms with Gasteiger partial charge in [0.15, 0.2) is 0 Å². The molecule has 0 saturated carbocycles. The van der Waals surface area contributed by atoms with Gasteiger partial charge in [-0.3, -0.25) is 4.79 Å². The minimum absolute atomic E-state index is 0.0219. The Morgan fingerprint density at radius 3 is 2.56 bits per heavy atom. The molecule has 0 aliphatic heterocycles. The first-order chi connectivity index (χ1) is 17.4. The second kappa shape index (κ2) is 13.5. The smallest absolute Gasteiger partial charge is 0.245 e. The van der Waals surface area contributed by atoms with Crippen molar-refractivity contribution >= 4 is 11.5 Å². The largest absolute Gasteiger partial charge is 0.508 e. The topological polar surface area (TPSA) is 61.8 Å². The number of phenols is 1. The van der Waals surface area contributed by atoms with E-state index in [2.05, 4.69) is 49.5 Å². The molecule has 0 aromatic heterocycles. The summed E-state index contributed by atoms with van der Waals surface area (Å²) in [5, 5.41) is 13.1. The van der Waals surface area contributed by atoms with Gasteiger partial charge in [0.05, 0.1) is 0 Å². The lowest BCUT2D eigenvalue weighted by atomic mass is 9.85. The maximum absolute atomic E-state index is 11.5. The molecule has 0 unspecified atom stereocenters. The Bertz CT molecular complexity index is 1150. The standard InChI is InChI=1S/C31H38N2O3/c1-5-28(24-10-7-6-8-11-24)31(25-13-15-26(34)16-14-25)29-18-17-27(22-23(29)2)36-21-20-32-19-9-12-30(35)33(3)4/h7,9-18,22,32,34H,5-6,8,19-21H2,1-4H3/b12-9+,31-28-. The van der Waals surface area contributed by atoms with Gasteiger partial charge in [0, 0.05) is 33.3 Å². The molecule has 1 amide bonds. The minimum atomic E-state index is -0.0219. The molecule has 0 atom stereocenters. The Hall–Kier alpha value is -3.57. The average Bonchev–Trinajstić information content (AvgIpc) is 2.88. The number of aryl methyl sites for hydroxylation is 1. The van der Waals surface area contributed by atoms with Crippen molar-refractivity contribution in [3.63, 3.8) is 0 Å². The van der Waals surface area contributed by atoms with Crippen molar-refractivity contribution in [1.82, 2.24) is 10.2 Å². The zero-order valence-electron chi connectivity index (χ0n) is 21.9. The lowest BCUT2D eigenvalue weighted by molar-refractivity contribution is -0.123. The summed E-state index contributed by atoms with van der Waals surface area (Å²) in [7, 11) is 3.47. The van der Waals surface area contributed by atoms with E-state index in [0.717, 1.165) is 36.1 Å². The molecule has 2 aromatic rings. The van der Waals surface area contributed by atoms with Crippen LogP contribution in [0.1, 0.15) is 42.9 Å². The van der Waals surface area contributed by atoms with E-state index in [0.29, 0.717) is 19.7 Å². The fraction of sp³-hybridized carbons (Fsp3) is 0.323. The van der Waals surface area contributed by atoms with Gasteiger partial charge in [-0.2, -0.15) is 0 Å². The Labute approximate surface area is 215 Å². The van der Waals surface area contributed by atoms with Gasteiger partial charge < -0.3 is 20.1 Å². The number of benzene rings is 2. The molecule has 0 saturated heterocycles. The van der Waals surface area contributed by atoms with E-state index in [1.807, 2.05) is 24.3 Å². The summed E-state index contributed by atoms with van der Waals surface area (Å²) in [4.78, 5) is 13.1. The summed E-state index contributed by atoms with van der Waals surface area (Å²) >= 11 is 0. The van der Waals surface area contributed by atoms with Gasteiger partial charge in [-0.15, -0.1) is 0 Å². The molecular weight excluding hydrogens is 448 g/mol. The monoisotopic (exact) mass is 486 g/mol. The highest BCUT2D eigenvalue weighted by molar-refractivity contribution is 5.87. The molecule has 190 valence electrons. The van der Waals surface area contributed by atoms with Gasteiger partial charge in [0.2, 0.25) is 5.91 Å². The van der Waals surface area contributed by atoms with E-state index >= 15 is 0 Å². The van der Waals surface area contributed by atoms with E-state index in [1.165, 1.54) is 22.3 Å². The number of nitrogens with zero attached hydrogens (tertiary/aromatic N) is 1. The van der Waals surface area contributed by atoms with Gasteiger partial charge in [-0.05, 0) is 83.9 Å². The zero-order chi connectivity index (χ0) is 25.9. The number of carbonyl (C=O) groups is 1. The first-order valence-corrected chi connectivity index (χ1v) is 12.6. The SMILES string of the molecule is CC/C(C1=CCCC=C1)=C(\c1ccc(O)cc1)c1ccc(OCCNC/C=C/C(=O)N(C)C)cc1C. The highest BCUT2D eigenvalue weighted by Crippen LogP contribution is 2.37. The third kappa shape index (κ3) is 7.46. The third-order valence-electron chi connectivity index (χ3n) is 6.13. The van der Waals surface area contributed by atoms with Crippen LogP contribution in [0, 0.1) is 6.92 Å². The van der Waals surface area contributed by atoms with E-state index < -0.39 is 0 Å². The van der Waals surface area contributed by atoms with Crippen molar-refractivity contribution in [1.29, 1.82) is 0 Å². The Morgan fingerprint density at radius 2 is 1.92 bits per heavy atom. The second-order valence-electron chi connectivity index (χ2n) is 9.06. The lowest BCUT2D eigenvalue weighted by Gasteiger charge is -2.20. The number of nitrogens with one attached hydrogen (secondary N) is 1. The first kappa shape index (κ1) is 27.0. The Morgan fingerprint density at radius 1 is 1.14 bits per heavy atom. The normalized spacial score (nSPS) is 13.9. The highest BCUT2D eigenvalue weighted by atomic mass is 16.5. The summed E-state index contributed by atoms with van der Waals surface area (Å²) in [5.41, 5.74) is 7.17. The molecule has 1 aliphatic rings. The molecule has 0 fully saturated rings. The number of amides is 1. The number of phenolic OH excluding ortho intramolecular Hbond substituents is 1. The molecule has 0 bridgehead atoms. The maximum Gasteiger partial charge on any atom is 0.245 e. The molecule has 0 spiro atoms. The summed E-state index contributed by atoms with van der Waals surface area (Å²) < 4.78 is 5.98. The van der Waals surface area contributed by atoms with Crippen molar-refractivity contribution in [3.05, 3.63) is 101 Å². The summed E-state index contributed by atoms with van der Waals surface area (Å²) in [5.74, 6) is 1.07. The van der Waals surface area contributed by atoms with Crippen molar-refractivity contribution in [2.45, 2.75) is 33.1 Å². The Balaban J connectivity index is 1.76. The second-order valence-corrected chi connectivity index (χ2v) is 9.06. The molecule has 0 radical (unpaired) electrons. The summed E-state index contributed by atoms with van der Waals surface area (Å²) in [6, 6.07) is 13.7. The first-order valence-electron chi connectivity index (χ1n) is 12.6. The molecule has 5 nitrogen and oxygen atoms in total. The van der Waals surface area contributed by atoms with E-state index in [9.17, 15) is 9.90 Å². The quantitative estimate of drug-likeness (QED) is 0.311. The molecule has 3 rings (SSSR count). The van der Waals surface area contributed by atoms with Crippen LogP contribution in [0.15, 0.2) is 84.0 Å². The van der Waals surface area contributed by atoms with Crippen LogP contribution < -0.4 is 10.1 Å². The molecule has 5 heteroatoms. The molecular formula is C31H38N2O3. The fourth-order valence-electron chi connectivity index (χ4n) is 4.22. The molecule has 2 aromatic carbocycles. The number of aromatic hydroxyl groups is 1. The maximum atomic E-state index is 11.5. The lowest BCUT2D eigenvalue weighted by Crippen LogP contribution is -2.22. The number of hydrogen-bond donors (Lipinski definition) is 2. The number of ether oxygens (including phenoxy) is 1. The van der Waals surface area contributed by atoms with Gasteiger partial charge in [-0.1, -0.05) is 49.4 Å². The van der Waals surface area contributed by atoms with Crippen molar-refractivity contribution in [3.8, 4) is 11.5 Å². The van der Waals surface area contributed by atoms with Gasteiger partial charge >= 0.3 is 0 Å². The van der Waals surface area contributed by atoms with Crippen molar-refractivity contribution in [2.75, 3.05) is 33.8 Å². The number of allylic oxidation sites excluding steroid dienone is 5. The molecule has 2 N–H and O–H groups in total. The summed E-state index contributed by atoms with van der Waals surface area (Å²) in [6.07, 6.45) is 13.2. The van der Waals surface area contributed by atoms with Crippen LogP contribution in [-0.2, 0) is 4.79 Å². The van der Waals surface area contributed by atoms with Crippen LogP contribution in [0.3, 0.4) is 0 Å². The number of hydrogen-bond acceptors (Lipinski definition) is 4. The fourth-order valence-corrected chi connectivity index (χ4v) is 4.22. The van der Waals surface area contributed by atoms with E-state index in [4.69, 9.17) is 4.74 Å². The number of carbonyl (C=O) groups excluding carboxylic acids is 1. The zero-order valence-corrected chi connectivity index (χ0v) is 21.9. The van der Waals surface area contributed by atoms with Crippen LogP contribution >= 0.6 is 0 Å². The van der Waals surface area contributed by atoms with Crippen LogP contribution in [0.25, 0.3) is 5.57 Å². The average molecular weight is 487 g/mol. The van der Waals surface area contributed by atoms with E-state index in [-0.39, 0.29) is 11.7 Å². The van der Waals surface area contributed by atoms with Gasteiger partial charge in [0.25, 0.3) is 0 Å². The highest BCUT2D eigenvalue weighted by Gasteiger charge is 2.16. The summed E-state index contributed by atoms with van der Waals surface area (Å²) in [6.45, 7) is 6.15. The van der Waals surface area contributed by atoms with Crippen molar-refractivity contribution in [2.24, 2.45) is 0 Å². The molecule has 36 heavy (non-hydrogen) atoms. The van der Waals surface area contributed by atoms with Crippen LogP contribution in [0.4, 0.5) is 0 Å². The predicted molar refractivity (Wildman–Crippen MR) is 148 cm³/mol. The van der Waals surface area contributed by atoms with Crippen molar-refractivity contribution < 1.29 is 14.6 Å². The number of likely N-dealkylation sites (N-methyl/N-ethyl adjacent to an activating group) is 1. The Kier molecular flexibility index (Phi) is 10.1. The molecule has 0 heterocycles. The van der Waals surface area contributed by atoms with Crippen LogP contribution in [0.5, 0.6) is 11.5 Å².